The van der Waals surface area contributed by atoms with Crippen LogP contribution in [-0.2, 0) is 4.74 Å². The lowest BCUT2D eigenvalue weighted by Gasteiger charge is -2.11. The molecule has 0 saturated carbocycles. The number of rotatable bonds is 8. The van der Waals surface area contributed by atoms with Crippen molar-refractivity contribution in [2.45, 2.75) is 6.92 Å². The van der Waals surface area contributed by atoms with Gasteiger partial charge < -0.3 is 19.5 Å². The normalized spacial score (nSPS) is 10.3. The highest BCUT2D eigenvalue weighted by Gasteiger charge is 2.18. The molecule has 1 rings (SSSR count). The van der Waals surface area contributed by atoms with Gasteiger partial charge in [-0.15, -0.1) is 0 Å². The zero-order valence-electron chi connectivity index (χ0n) is 11.7. The Morgan fingerprint density at radius 3 is 2.50 bits per heavy atom. The summed E-state index contributed by atoms with van der Waals surface area (Å²) in [6.07, 6.45) is 3.27. The molecule has 20 heavy (non-hydrogen) atoms. The maximum atomic E-state index is 11.1. The van der Waals surface area contributed by atoms with Crippen molar-refractivity contribution in [2.24, 2.45) is 0 Å². The van der Waals surface area contributed by atoms with Crippen LogP contribution in [0, 0.1) is 10.1 Å². The van der Waals surface area contributed by atoms with Crippen molar-refractivity contribution in [3.63, 3.8) is 0 Å². The maximum Gasteiger partial charge on any atom is 0.296 e. The first kappa shape index (κ1) is 15.6. The van der Waals surface area contributed by atoms with Gasteiger partial charge in [0.2, 0.25) is 0 Å². The van der Waals surface area contributed by atoms with Gasteiger partial charge in [-0.1, -0.05) is 0 Å². The Bertz CT molecular complexity index is 488. The predicted octanol–water partition coefficient (Wildman–Crippen LogP) is 2.57. The summed E-state index contributed by atoms with van der Waals surface area (Å²) in [6.45, 7) is 2.85. The molecule has 7 nitrogen and oxygen atoms in total. The number of benzene rings is 1. The molecule has 0 aliphatic heterocycles. The van der Waals surface area contributed by atoms with E-state index in [1.54, 1.807) is 12.3 Å². The molecule has 0 radical (unpaired) electrons. The number of nitro benzene ring substituents is 1. The molecule has 0 aliphatic carbocycles. The van der Waals surface area contributed by atoms with E-state index in [2.05, 4.69) is 5.32 Å². The number of hydrogen-bond acceptors (Lipinski definition) is 6. The van der Waals surface area contributed by atoms with Gasteiger partial charge in [-0.2, -0.15) is 0 Å². The van der Waals surface area contributed by atoms with E-state index < -0.39 is 4.92 Å². The lowest BCUT2D eigenvalue weighted by atomic mass is 10.2. The predicted molar refractivity (Wildman–Crippen MR) is 75.5 cm³/mol. The van der Waals surface area contributed by atoms with Crippen LogP contribution in [0.5, 0.6) is 11.5 Å². The van der Waals surface area contributed by atoms with E-state index in [1.165, 1.54) is 26.4 Å². The third-order valence-corrected chi connectivity index (χ3v) is 2.47. The van der Waals surface area contributed by atoms with Crippen molar-refractivity contribution in [1.82, 2.24) is 0 Å². The van der Waals surface area contributed by atoms with E-state index >= 15 is 0 Å². The zero-order chi connectivity index (χ0) is 15.0. The van der Waals surface area contributed by atoms with E-state index in [0.29, 0.717) is 30.3 Å². The van der Waals surface area contributed by atoms with Gasteiger partial charge in [-0.3, -0.25) is 10.1 Å². The van der Waals surface area contributed by atoms with Crippen LogP contribution in [0.3, 0.4) is 0 Å². The highest BCUT2D eigenvalue weighted by atomic mass is 16.6. The molecule has 0 saturated heterocycles. The molecule has 0 amide bonds. The fraction of sp³-hybridized carbons (Fsp3) is 0.385. The van der Waals surface area contributed by atoms with Gasteiger partial charge in [0.1, 0.15) is 5.69 Å². The van der Waals surface area contributed by atoms with Crippen molar-refractivity contribution >= 4 is 11.4 Å². The third-order valence-electron chi connectivity index (χ3n) is 2.47. The first-order chi connectivity index (χ1) is 9.63. The van der Waals surface area contributed by atoms with Crippen LogP contribution in [-0.4, -0.2) is 32.3 Å². The first-order valence-corrected chi connectivity index (χ1v) is 6.04. The molecule has 0 unspecified atom stereocenters. The Labute approximate surface area is 117 Å². The second-order valence-corrected chi connectivity index (χ2v) is 3.69. The Balaban J connectivity index is 2.94. The number of ether oxygens (including phenoxy) is 3. The van der Waals surface area contributed by atoms with Crippen molar-refractivity contribution in [1.29, 1.82) is 0 Å². The largest absolute Gasteiger partial charge is 0.502 e. The Kier molecular flexibility index (Phi) is 6.15. The maximum absolute atomic E-state index is 11.1. The average molecular weight is 282 g/mol. The average Bonchev–Trinajstić information content (AvgIpc) is 2.46. The Morgan fingerprint density at radius 2 is 1.95 bits per heavy atom. The molecule has 110 valence electrons. The lowest BCUT2D eigenvalue weighted by Crippen LogP contribution is -2.04. The second kappa shape index (κ2) is 7.88. The van der Waals surface area contributed by atoms with Crippen LogP contribution < -0.4 is 14.8 Å². The smallest absolute Gasteiger partial charge is 0.296 e. The van der Waals surface area contributed by atoms with E-state index in [4.69, 9.17) is 14.2 Å². The summed E-state index contributed by atoms with van der Waals surface area (Å²) in [5, 5.41) is 14.0. The van der Waals surface area contributed by atoms with Crippen molar-refractivity contribution in [3.8, 4) is 11.5 Å². The molecule has 1 aromatic rings. The van der Waals surface area contributed by atoms with Gasteiger partial charge in [0, 0.05) is 12.6 Å². The number of anilines is 1. The third kappa shape index (κ3) is 4.04. The van der Waals surface area contributed by atoms with E-state index in [-0.39, 0.29) is 5.69 Å². The molecule has 7 heteroatoms. The topological polar surface area (TPSA) is 82.9 Å². The van der Waals surface area contributed by atoms with Crippen LogP contribution in [0.1, 0.15) is 6.92 Å². The Hall–Kier alpha value is -2.44. The number of nitro groups is 1. The summed E-state index contributed by atoms with van der Waals surface area (Å²) in [6, 6.07) is 2.86. The molecule has 0 aromatic heterocycles. The van der Waals surface area contributed by atoms with Gasteiger partial charge in [0.25, 0.3) is 5.69 Å². The van der Waals surface area contributed by atoms with E-state index in [0.717, 1.165) is 0 Å². The fourth-order valence-corrected chi connectivity index (χ4v) is 1.54. The second-order valence-electron chi connectivity index (χ2n) is 3.69. The molecule has 0 fully saturated rings. The van der Waals surface area contributed by atoms with Crippen LogP contribution in [0.2, 0.25) is 0 Å². The SMILES string of the molecule is CCOC=CCNc1cc(OC)c(OC)cc1[N+](=O)[O-]. The molecular weight excluding hydrogens is 264 g/mol. The van der Waals surface area contributed by atoms with Gasteiger partial charge in [-0.05, 0) is 13.0 Å². The summed E-state index contributed by atoms with van der Waals surface area (Å²) in [4.78, 5) is 10.6. The monoisotopic (exact) mass is 282 g/mol. The van der Waals surface area contributed by atoms with Crippen molar-refractivity contribution in [2.75, 3.05) is 32.7 Å². The highest BCUT2D eigenvalue weighted by molar-refractivity contribution is 5.68. The number of nitrogens with zero attached hydrogens (tertiary/aromatic N) is 1. The molecule has 0 aliphatic rings. The summed E-state index contributed by atoms with van der Waals surface area (Å²) in [7, 11) is 2.90. The van der Waals surface area contributed by atoms with Crippen LogP contribution in [0.4, 0.5) is 11.4 Å². The van der Waals surface area contributed by atoms with Gasteiger partial charge in [-0.25, -0.2) is 0 Å². The standard InChI is InChI=1S/C13H18N2O5/c1-4-20-7-5-6-14-10-8-12(18-2)13(19-3)9-11(10)15(16)17/h5,7-9,14H,4,6H2,1-3H3. The van der Waals surface area contributed by atoms with Crippen molar-refractivity contribution in [3.05, 3.63) is 34.6 Å². The molecule has 1 aromatic carbocycles. The van der Waals surface area contributed by atoms with Crippen LogP contribution in [0.15, 0.2) is 24.5 Å². The van der Waals surface area contributed by atoms with E-state index in [9.17, 15) is 10.1 Å². The van der Waals surface area contributed by atoms with Crippen LogP contribution >= 0.6 is 0 Å². The molecule has 0 heterocycles. The first-order valence-electron chi connectivity index (χ1n) is 6.04. The molecule has 0 bridgehead atoms. The summed E-state index contributed by atoms with van der Waals surface area (Å²) >= 11 is 0. The number of nitrogens with one attached hydrogen (secondary N) is 1. The zero-order valence-corrected chi connectivity index (χ0v) is 11.7. The highest BCUT2D eigenvalue weighted by Crippen LogP contribution is 2.37. The van der Waals surface area contributed by atoms with Gasteiger partial charge in [0.15, 0.2) is 11.5 Å². The summed E-state index contributed by atoms with van der Waals surface area (Å²) in [5.74, 6) is 0.740. The summed E-state index contributed by atoms with van der Waals surface area (Å²) in [5.41, 5.74) is 0.279. The minimum absolute atomic E-state index is 0.0764. The minimum atomic E-state index is -0.476. The van der Waals surface area contributed by atoms with E-state index in [1.807, 2.05) is 6.92 Å². The minimum Gasteiger partial charge on any atom is -0.502 e. The van der Waals surface area contributed by atoms with Crippen molar-refractivity contribution < 1.29 is 19.1 Å². The lowest BCUT2D eigenvalue weighted by molar-refractivity contribution is -0.384. The molecule has 0 atom stereocenters. The molecule has 1 N–H and O–H groups in total. The number of hydrogen-bond donors (Lipinski definition) is 1. The molecule has 0 spiro atoms. The quantitative estimate of drug-likeness (QED) is 0.448. The fourth-order valence-electron chi connectivity index (χ4n) is 1.54. The molecular formula is C13H18N2O5. The Morgan fingerprint density at radius 1 is 1.30 bits per heavy atom. The number of methoxy groups -OCH3 is 2. The van der Waals surface area contributed by atoms with Gasteiger partial charge >= 0.3 is 0 Å². The van der Waals surface area contributed by atoms with Crippen LogP contribution in [0.25, 0.3) is 0 Å². The van der Waals surface area contributed by atoms with Gasteiger partial charge in [0.05, 0.1) is 38.1 Å². The summed E-state index contributed by atoms with van der Waals surface area (Å²) < 4.78 is 15.2.